The van der Waals surface area contributed by atoms with E-state index in [0.717, 1.165) is 0 Å². The van der Waals surface area contributed by atoms with Crippen molar-refractivity contribution < 1.29 is 9.59 Å². The minimum absolute atomic E-state index is 0.00195. The first kappa shape index (κ1) is 14.7. The van der Waals surface area contributed by atoms with Crippen LogP contribution >= 0.6 is 11.3 Å². The molecule has 1 rings (SSSR count). The third kappa shape index (κ3) is 5.29. The molecule has 1 atom stereocenters. The van der Waals surface area contributed by atoms with E-state index in [4.69, 9.17) is 5.73 Å². The molecule has 0 saturated carbocycles. The van der Waals surface area contributed by atoms with Gasteiger partial charge in [-0.05, 0) is 24.8 Å². The zero-order valence-corrected chi connectivity index (χ0v) is 11.3. The molecule has 0 aliphatic carbocycles. The van der Waals surface area contributed by atoms with Crippen LogP contribution in [0.3, 0.4) is 0 Å². The van der Waals surface area contributed by atoms with Crippen LogP contribution in [-0.4, -0.2) is 30.9 Å². The van der Waals surface area contributed by atoms with Gasteiger partial charge in [-0.25, -0.2) is 0 Å². The summed E-state index contributed by atoms with van der Waals surface area (Å²) in [5, 5.41) is 9.20. The van der Waals surface area contributed by atoms with Gasteiger partial charge in [0.1, 0.15) is 0 Å². The molecule has 0 unspecified atom stereocenters. The van der Waals surface area contributed by atoms with Crippen molar-refractivity contribution in [3.05, 3.63) is 22.4 Å². The van der Waals surface area contributed by atoms with Crippen molar-refractivity contribution in [2.24, 2.45) is 5.73 Å². The van der Waals surface area contributed by atoms with E-state index in [1.165, 1.54) is 11.3 Å². The Balaban J connectivity index is 2.12. The molecule has 1 heterocycles. The number of hydrogen-bond donors (Lipinski definition) is 3. The van der Waals surface area contributed by atoms with Crippen molar-refractivity contribution >= 4 is 23.2 Å². The highest BCUT2D eigenvalue weighted by Gasteiger charge is 2.07. The van der Waals surface area contributed by atoms with E-state index in [-0.39, 0.29) is 17.9 Å². The number of carbonyl (C=O) groups is 2. The lowest BCUT2D eigenvalue weighted by Gasteiger charge is -2.11. The van der Waals surface area contributed by atoms with Gasteiger partial charge >= 0.3 is 0 Å². The smallest absolute Gasteiger partial charge is 0.252 e. The summed E-state index contributed by atoms with van der Waals surface area (Å²) in [6.45, 7) is 2.79. The summed E-state index contributed by atoms with van der Waals surface area (Å²) in [7, 11) is 0. The van der Waals surface area contributed by atoms with Gasteiger partial charge in [0.15, 0.2) is 0 Å². The SMILES string of the molecule is C[C@@H](CN)NC(=O)CCCNC(=O)c1ccsc1. The molecule has 0 aromatic carbocycles. The van der Waals surface area contributed by atoms with Gasteiger partial charge in [0, 0.05) is 36.5 Å². The molecule has 5 nitrogen and oxygen atoms in total. The minimum atomic E-state index is -0.0908. The van der Waals surface area contributed by atoms with E-state index in [1.807, 2.05) is 12.3 Å². The highest BCUT2D eigenvalue weighted by atomic mass is 32.1. The summed E-state index contributed by atoms with van der Waals surface area (Å²) in [4.78, 5) is 23.0. The predicted octanol–water partition coefficient (Wildman–Crippen LogP) is 0.721. The number of nitrogens with one attached hydrogen (secondary N) is 2. The van der Waals surface area contributed by atoms with Crippen molar-refractivity contribution in [2.45, 2.75) is 25.8 Å². The molecular weight excluding hydrogens is 250 g/mol. The van der Waals surface area contributed by atoms with Crippen molar-refractivity contribution in [2.75, 3.05) is 13.1 Å². The maximum absolute atomic E-state index is 11.6. The topological polar surface area (TPSA) is 84.2 Å². The Bertz CT molecular complexity index is 379. The second-order valence-electron chi connectivity index (χ2n) is 4.08. The lowest BCUT2D eigenvalue weighted by atomic mass is 10.2. The molecule has 0 radical (unpaired) electrons. The first-order valence-corrected chi connectivity index (χ1v) is 6.87. The first-order valence-electron chi connectivity index (χ1n) is 5.93. The van der Waals surface area contributed by atoms with E-state index in [1.54, 1.807) is 11.4 Å². The largest absolute Gasteiger partial charge is 0.352 e. The summed E-state index contributed by atoms with van der Waals surface area (Å²) < 4.78 is 0. The predicted molar refractivity (Wildman–Crippen MR) is 72.5 cm³/mol. The van der Waals surface area contributed by atoms with E-state index in [9.17, 15) is 9.59 Å². The summed E-state index contributed by atoms with van der Waals surface area (Å²) in [5.41, 5.74) is 6.07. The van der Waals surface area contributed by atoms with Gasteiger partial charge in [-0.3, -0.25) is 9.59 Å². The van der Waals surface area contributed by atoms with Gasteiger partial charge < -0.3 is 16.4 Å². The third-order valence-electron chi connectivity index (χ3n) is 2.41. The maximum atomic E-state index is 11.6. The molecule has 1 aromatic heterocycles. The normalized spacial score (nSPS) is 11.9. The summed E-state index contributed by atoms with van der Waals surface area (Å²) in [6, 6.07) is 1.77. The quantitative estimate of drug-likeness (QED) is 0.638. The van der Waals surface area contributed by atoms with Crippen LogP contribution in [-0.2, 0) is 4.79 Å². The number of carbonyl (C=O) groups excluding carboxylic acids is 2. The molecule has 2 amide bonds. The van der Waals surface area contributed by atoms with Gasteiger partial charge in [-0.2, -0.15) is 11.3 Å². The monoisotopic (exact) mass is 269 g/mol. The Hall–Kier alpha value is -1.40. The number of hydrogen-bond acceptors (Lipinski definition) is 4. The molecule has 0 aliphatic rings. The molecule has 0 fully saturated rings. The fourth-order valence-electron chi connectivity index (χ4n) is 1.35. The van der Waals surface area contributed by atoms with Gasteiger partial charge in [0.05, 0.1) is 0 Å². The van der Waals surface area contributed by atoms with Crippen LogP contribution < -0.4 is 16.4 Å². The van der Waals surface area contributed by atoms with E-state index in [2.05, 4.69) is 10.6 Å². The average molecular weight is 269 g/mol. The van der Waals surface area contributed by atoms with Crippen LogP contribution in [0.15, 0.2) is 16.8 Å². The molecule has 6 heteroatoms. The minimum Gasteiger partial charge on any atom is -0.352 e. The molecule has 1 aromatic rings. The molecule has 0 saturated heterocycles. The second kappa shape index (κ2) is 7.84. The van der Waals surface area contributed by atoms with E-state index in [0.29, 0.717) is 31.5 Å². The van der Waals surface area contributed by atoms with Crippen molar-refractivity contribution in [1.29, 1.82) is 0 Å². The van der Waals surface area contributed by atoms with Crippen LogP contribution in [0, 0.1) is 0 Å². The molecule has 100 valence electrons. The third-order valence-corrected chi connectivity index (χ3v) is 3.09. The van der Waals surface area contributed by atoms with E-state index >= 15 is 0 Å². The molecule has 0 aliphatic heterocycles. The van der Waals surface area contributed by atoms with E-state index < -0.39 is 0 Å². The lowest BCUT2D eigenvalue weighted by molar-refractivity contribution is -0.121. The highest BCUT2D eigenvalue weighted by Crippen LogP contribution is 2.05. The first-order chi connectivity index (χ1) is 8.63. The lowest BCUT2D eigenvalue weighted by Crippen LogP contribution is -2.38. The van der Waals surface area contributed by atoms with Gasteiger partial charge in [-0.15, -0.1) is 0 Å². The van der Waals surface area contributed by atoms with Gasteiger partial charge in [0.2, 0.25) is 5.91 Å². The van der Waals surface area contributed by atoms with Crippen LogP contribution in [0.25, 0.3) is 0 Å². The zero-order valence-electron chi connectivity index (χ0n) is 10.4. The fourth-order valence-corrected chi connectivity index (χ4v) is 1.99. The molecule has 4 N–H and O–H groups in total. The maximum Gasteiger partial charge on any atom is 0.252 e. The van der Waals surface area contributed by atoms with Gasteiger partial charge in [-0.1, -0.05) is 0 Å². The Morgan fingerprint density at radius 2 is 2.28 bits per heavy atom. The van der Waals surface area contributed by atoms with Crippen molar-refractivity contribution in [3.63, 3.8) is 0 Å². The fraction of sp³-hybridized carbons (Fsp3) is 0.500. The number of thiophene rings is 1. The number of amides is 2. The molecule has 18 heavy (non-hydrogen) atoms. The molecule has 0 spiro atoms. The van der Waals surface area contributed by atoms with Gasteiger partial charge in [0.25, 0.3) is 5.91 Å². The summed E-state index contributed by atoms with van der Waals surface area (Å²) >= 11 is 1.48. The van der Waals surface area contributed by atoms with Crippen LogP contribution in [0.1, 0.15) is 30.1 Å². The van der Waals surface area contributed by atoms with Crippen molar-refractivity contribution in [1.82, 2.24) is 10.6 Å². The zero-order chi connectivity index (χ0) is 13.4. The van der Waals surface area contributed by atoms with Crippen LogP contribution in [0.2, 0.25) is 0 Å². The Morgan fingerprint density at radius 3 is 2.89 bits per heavy atom. The van der Waals surface area contributed by atoms with Crippen LogP contribution in [0.4, 0.5) is 0 Å². The highest BCUT2D eigenvalue weighted by molar-refractivity contribution is 7.08. The molecular formula is C12H19N3O2S. The Morgan fingerprint density at radius 1 is 1.50 bits per heavy atom. The summed E-state index contributed by atoms with van der Waals surface area (Å²) in [5.74, 6) is -0.121. The number of nitrogens with two attached hydrogens (primary N) is 1. The Labute approximate surface area is 111 Å². The second-order valence-corrected chi connectivity index (χ2v) is 4.86. The van der Waals surface area contributed by atoms with Crippen LogP contribution in [0.5, 0.6) is 0 Å². The Kier molecular flexibility index (Phi) is 6.38. The standard InChI is InChI=1S/C12H19N3O2S/c1-9(7-13)15-11(16)3-2-5-14-12(17)10-4-6-18-8-10/h4,6,8-9H,2-3,5,7,13H2,1H3,(H,14,17)(H,15,16)/t9-/m0/s1. The summed E-state index contributed by atoms with van der Waals surface area (Å²) in [6.07, 6.45) is 1.02. The van der Waals surface area contributed by atoms with Crippen molar-refractivity contribution in [3.8, 4) is 0 Å². The molecule has 0 bridgehead atoms. The average Bonchev–Trinajstić information content (AvgIpc) is 2.88. The number of rotatable bonds is 7.